The molecule has 1 heterocycles. The number of halogens is 1. The highest BCUT2D eigenvalue weighted by atomic mass is 32.2. The molecule has 0 atom stereocenters. The fourth-order valence-corrected chi connectivity index (χ4v) is 2.74. The first-order chi connectivity index (χ1) is 8.97. The quantitative estimate of drug-likeness (QED) is 0.684. The minimum absolute atomic E-state index is 0.209. The second kappa shape index (κ2) is 5.50. The molecule has 0 radical (unpaired) electrons. The Kier molecular flexibility index (Phi) is 3.96. The van der Waals surface area contributed by atoms with E-state index in [1.165, 1.54) is 24.3 Å². The van der Waals surface area contributed by atoms with Crippen molar-refractivity contribution in [2.75, 3.05) is 6.54 Å². The van der Waals surface area contributed by atoms with Crippen molar-refractivity contribution in [2.24, 2.45) is 0 Å². The molecule has 0 aromatic heterocycles. The van der Waals surface area contributed by atoms with Crippen LogP contribution in [-0.4, -0.2) is 32.7 Å². The van der Waals surface area contributed by atoms with Gasteiger partial charge >= 0.3 is 5.97 Å². The third-order valence-electron chi connectivity index (χ3n) is 2.33. The maximum Gasteiger partial charge on any atom is 0.323 e. The van der Waals surface area contributed by atoms with Gasteiger partial charge in [-0.2, -0.15) is 0 Å². The Labute approximate surface area is 117 Å². The lowest BCUT2D eigenvalue weighted by Crippen LogP contribution is -2.33. The number of carboxylic acid groups (broad SMARTS) is 1. The van der Waals surface area contributed by atoms with Crippen LogP contribution in [0.25, 0.3) is 6.08 Å². The smallest absolute Gasteiger partial charge is 0.323 e. The van der Waals surface area contributed by atoms with E-state index in [2.05, 4.69) is 0 Å². The van der Waals surface area contributed by atoms with Crippen LogP contribution in [0.5, 0.6) is 0 Å². The Morgan fingerprint density at radius 1 is 1.42 bits per heavy atom. The molecule has 1 aliphatic heterocycles. The van der Waals surface area contributed by atoms with Crippen molar-refractivity contribution in [3.63, 3.8) is 0 Å². The molecule has 19 heavy (non-hydrogen) atoms. The predicted octanol–water partition coefficient (Wildman–Crippen LogP) is 2.11. The van der Waals surface area contributed by atoms with Gasteiger partial charge in [-0.15, -0.1) is 0 Å². The lowest BCUT2D eigenvalue weighted by molar-refractivity contribution is -0.140. The summed E-state index contributed by atoms with van der Waals surface area (Å²) < 4.78 is 13.0. The van der Waals surface area contributed by atoms with Crippen molar-refractivity contribution in [3.05, 3.63) is 40.6 Å². The highest BCUT2D eigenvalue weighted by molar-refractivity contribution is 8.26. The summed E-state index contributed by atoms with van der Waals surface area (Å²) >= 11 is 5.99. The van der Waals surface area contributed by atoms with Gasteiger partial charge in [0.15, 0.2) is 0 Å². The first kappa shape index (κ1) is 13.7. The van der Waals surface area contributed by atoms with E-state index in [0.717, 1.165) is 16.7 Å². The maximum absolute atomic E-state index is 12.8. The molecule has 0 aliphatic carbocycles. The first-order valence-electron chi connectivity index (χ1n) is 5.20. The average molecular weight is 297 g/mol. The van der Waals surface area contributed by atoms with Crippen LogP contribution in [0.4, 0.5) is 4.39 Å². The summed E-state index contributed by atoms with van der Waals surface area (Å²) in [6, 6.07) is 5.62. The van der Waals surface area contributed by atoms with Gasteiger partial charge in [0, 0.05) is 0 Å². The zero-order valence-corrected chi connectivity index (χ0v) is 11.1. The Balaban J connectivity index is 2.23. The van der Waals surface area contributed by atoms with E-state index < -0.39 is 18.4 Å². The molecule has 7 heteroatoms. The Bertz CT molecular complexity index is 583. The number of rotatable bonds is 3. The van der Waals surface area contributed by atoms with Gasteiger partial charge in [-0.1, -0.05) is 36.1 Å². The minimum Gasteiger partial charge on any atom is -0.480 e. The van der Waals surface area contributed by atoms with E-state index >= 15 is 0 Å². The van der Waals surface area contributed by atoms with Crippen LogP contribution in [0, 0.1) is 5.82 Å². The van der Waals surface area contributed by atoms with Gasteiger partial charge in [-0.25, -0.2) is 4.39 Å². The van der Waals surface area contributed by atoms with Gasteiger partial charge in [-0.05, 0) is 23.8 Å². The van der Waals surface area contributed by atoms with E-state index in [4.69, 9.17) is 17.3 Å². The molecule has 1 N–H and O–H groups in total. The van der Waals surface area contributed by atoms with E-state index in [1.54, 1.807) is 6.08 Å². The van der Waals surface area contributed by atoms with Crippen LogP contribution in [0.3, 0.4) is 0 Å². The molecule has 1 aromatic rings. The number of carbonyl (C=O) groups is 2. The number of aliphatic carboxylic acids is 1. The van der Waals surface area contributed by atoms with Crippen LogP contribution >= 0.6 is 24.0 Å². The lowest BCUT2D eigenvalue weighted by Gasteiger charge is -2.10. The number of amides is 1. The van der Waals surface area contributed by atoms with Crippen molar-refractivity contribution >= 4 is 46.3 Å². The number of hydrogen-bond acceptors (Lipinski definition) is 4. The number of carboxylic acids is 1. The maximum atomic E-state index is 12.8. The number of thioether (sulfide) groups is 1. The van der Waals surface area contributed by atoms with Gasteiger partial charge in [0.25, 0.3) is 5.91 Å². The first-order valence-corrected chi connectivity index (χ1v) is 6.42. The van der Waals surface area contributed by atoms with E-state index in [1.807, 2.05) is 0 Å². The van der Waals surface area contributed by atoms with Crippen LogP contribution < -0.4 is 0 Å². The zero-order valence-electron chi connectivity index (χ0n) is 9.50. The molecule has 0 bridgehead atoms. The SMILES string of the molecule is O=C(O)CN1C(=O)/C(=C\c2ccc(F)cc2)SC1=S. The second-order valence-electron chi connectivity index (χ2n) is 3.71. The third kappa shape index (κ3) is 3.18. The van der Waals surface area contributed by atoms with Crippen molar-refractivity contribution < 1.29 is 19.1 Å². The molecular weight excluding hydrogens is 289 g/mol. The molecule has 1 aliphatic rings. The van der Waals surface area contributed by atoms with Crippen molar-refractivity contribution in [1.29, 1.82) is 0 Å². The summed E-state index contributed by atoms with van der Waals surface area (Å²) in [7, 11) is 0. The topological polar surface area (TPSA) is 57.6 Å². The molecular formula is C12H8FNO3S2. The summed E-state index contributed by atoms with van der Waals surface area (Å²) in [6.45, 7) is -0.453. The molecule has 0 unspecified atom stereocenters. The van der Waals surface area contributed by atoms with Gasteiger partial charge in [0.1, 0.15) is 16.7 Å². The van der Waals surface area contributed by atoms with Crippen LogP contribution in [0.2, 0.25) is 0 Å². The fraction of sp³-hybridized carbons (Fsp3) is 0.0833. The summed E-state index contributed by atoms with van der Waals surface area (Å²) in [6.07, 6.45) is 1.56. The number of carbonyl (C=O) groups excluding carboxylic acids is 1. The monoisotopic (exact) mass is 297 g/mol. The molecule has 1 amide bonds. The zero-order chi connectivity index (χ0) is 14.0. The average Bonchev–Trinajstić information content (AvgIpc) is 2.60. The van der Waals surface area contributed by atoms with Gasteiger partial charge in [0.2, 0.25) is 0 Å². The van der Waals surface area contributed by atoms with E-state index in [-0.39, 0.29) is 10.1 Å². The Morgan fingerprint density at radius 2 is 2.05 bits per heavy atom. The molecule has 2 rings (SSSR count). The van der Waals surface area contributed by atoms with Crippen molar-refractivity contribution in [1.82, 2.24) is 4.90 Å². The summed E-state index contributed by atoms with van der Waals surface area (Å²) in [5.41, 5.74) is 0.650. The minimum atomic E-state index is -1.13. The highest BCUT2D eigenvalue weighted by Crippen LogP contribution is 2.32. The molecule has 1 fully saturated rings. The number of thiocarbonyl (C=S) groups is 1. The summed E-state index contributed by atoms with van der Waals surface area (Å²) in [5.74, 6) is -1.93. The molecule has 1 aromatic carbocycles. The Hall–Kier alpha value is -1.73. The van der Waals surface area contributed by atoms with E-state index in [9.17, 15) is 14.0 Å². The number of benzene rings is 1. The van der Waals surface area contributed by atoms with Crippen LogP contribution in [-0.2, 0) is 9.59 Å². The third-order valence-corrected chi connectivity index (χ3v) is 3.71. The largest absolute Gasteiger partial charge is 0.480 e. The summed E-state index contributed by atoms with van der Waals surface area (Å²) in [4.78, 5) is 23.9. The van der Waals surface area contributed by atoms with Gasteiger partial charge in [0.05, 0.1) is 4.91 Å². The van der Waals surface area contributed by atoms with Gasteiger partial charge in [-0.3, -0.25) is 14.5 Å². The standard InChI is InChI=1S/C12H8FNO3S2/c13-8-3-1-7(2-4-8)5-9-11(17)14(6-10(15)16)12(18)19-9/h1-5H,6H2,(H,15,16)/b9-5+. The number of nitrogens with zero attached hydrogens (tertiary/aromatic N) is 1. The highest BCUT2D eigenvalue weighted by Gasteiger charge is 2.33. The van der Waals surface area contributed by atoms with Crippen LogP contribution in [0.15, 0.2) is 29.2 Å². The fourth-order valence-electron chi connectivity index (χ4n) is 1.48. The molecule has 4 nitrogen and oxygen atoms in total. The van der Waals surface area contributed by atoms with E-state index in [0.29, 0.717) is 10.5 Å². The molecule has 0 saturated carbocycles. The summed E-state index contributed by atoms with van der Waals surface area (Å²) in [5, 5.41) is 8.69. The van der Waals surface area contributed by atoms with Crippen molar-refractivity contribution in [3.8, 4) is 0 Å². The van der Waals surface area contributed by atoms with Gasteiger partial charge < -0.3 is 5.11 Å². The normalized spacial score (nSPS) is 17.3. The Morgan fingerprint density at radius 3 is 2.63 bits per heavy atom. The van der Waals surface area contributed by atoms with Crippen LogP contribution in [0.1, 0.15) is 5.56 Å². The number of hydrogen-bond donors (Lipinski definition) is 1. The lowest BCUT2D eigenvalue weighted by atomic mass is 10.2. The molecule has 98 valence electrons. The molecule has 1 saturated heterocycles. The molecule has 0 spiro atoms. The predicted molar refractivity (Wildman–Crippen MR) is 73.9 cm³/mol. The second-order valence-corrected chi connectivity index (χ2v) is 5.39. The van der Waals surface area contributed by atoms with Crippen molar-refractivity contribution in [2.45, 2.75) is 0 Å².